The number of piperidine rings is 1. The summed E-state index contributed by atoms with van der Waals surface area (Å²) in [6, 6.07) is 11.9. The summed E-state index contributed by atoms with van der Waals surface area (Å²) in [5, 5.41) is 0. The van der Waals surface area contributed by atoms with Crippen LogP contribution in [-0.4, -0.2) is 60.0 Å². The number of nitrogens with zero attached hydrogens (tertiary/aromatic N) is 4. The van der Waals surface area contributed by atoms with E-state index in [2.05, 4.69) is 32.4 Å². The van der Waals surface area contributed by atoms with Gasteiger partial charge in [0.2, 0.25) is 0 Å². The smallest absolute Gasteiger partial charge is 0.170 e. The summed E-state index contributed by atoms with van der Waals surface area (Å²) in [5.74, 6) is -0.423. The van der Waals surface area contributed by atoms with Crippen LogP contribution in [0.4, 0.5) is 11.4 Å². The summed E-state index contributed by atoms with van der Waals surface area (Å²) in [4.78, 5) is 27.3. The van der Waals surface area contributed by atoms with Crippen LogP contribution in [0.1, 0.15) is 48.9 Å². The molecule has 0 aliphatic carbocycles. The first-order valence-corrected chi connectivity index (χ1v) is 13.6. The quantitative estimate of drug-likeness (QED) is 0.339. The van der Waals surface area contributed by atoms with Gasteiger partial charge in [0, 0.05) is 60.3 Å². The van der Waals surface area contributed by atoms with Crippen molar-refractivity contribution < 1.29 is 9.53 Å². The van der Waals surface area contributed by atoms with Gasteiger partial charge in [-0.05, 0) is 61.3 Å². The van der Waals surface area contributed by atoms with Gasteiger partial charge in [0.15, 0.2) is 5.78 Å². The molecule has 4 heterocycles. The molecule has 0 amide bonds. The number of anilines is 2. The Balaban J connectivity index is 1.30. The lowest BCUT2D eigenvalue weighted by atomic mass is 9.89. The molecule has 5 rings (SSSR count). The molecule has 0 unspecified atom stereocenters. The second kappa shape index (κ2) is 11.9. The number of nitrogens with two attached hydrogens (primary N) is 1. The van der Waals surface area contributed by atoms with Crippen molar-refractivity contribution in [1.82, 2.24) is 14.9 Å². The minimum Gasteiger partial charge on any atom is -0.398 e. The average molecular weight is 512 g/mol. The molecule has 7 heteroatoms. The van der Waals surface area contributed by atoms with Crippen LogP contribution in [0.3, 0.4) is 0 Å². The van der Waals surface area contributed by atoms with E-state index in [-0.39, 0.29) is 11.7 Å². The van der Waals surface area contributed by atoms with E-state index in [9.17, 15) is 4.79 Å². The van der Waals surface area contributed by atoms with E-state index in [1.54, 1.807) is 0 Å². The Bertz CT molecular complexity index is 1280. The lowest BCUT2D eigenvalue weighted by molar-refractivity contribution is -0.114. The molecule has 1 aromatic carbocycles. The number of hydrogen-bond donors (Lipinski definition) is 1. The monoisotopic (exact) mass is 511 g/mol. The van der Waals surface area contributed by atoms with Crippen molar-refractivity contribution in [2.24, 2.45) is 0 Å². The number of benzene rings is 1. The van der Waals surface area contributed by atoms with E-state index < -0.39 is 0 Å². The maximum Gasteiger partial charge on any atom is 0.170 e. The minimum absolute atomic E-state index is 0.0559. The molecule has 0 radical (unpaired) electrons. The fourth-order valence-corrected chi connectivity index (χ4v) is 5.26. The van der Waals surface area contributed by atoms with Gasteiger partial charge in [-0.15, -0.1) is 0 Å². The molecule has 2 saturated heterocycles. The van der Waals surface area contributed by atoms with Gasteiger partial charge in [0.05, 0.1) is 30.8 Å². The van der Waals surface area contributed by atoms with Crippen LogP contribution < -0.4 is 10.6 Å². The molecule has 3 aromatic rings. The summed E-state index contributed by atoms with van der Waals surface area (Å²) in [5.41, 5.74) is 12.8. The van der Waals surface area contributed by atoms with Gasteiger partial charge >= 0.3 is 0 Å². The highest BCUT2D eigenvalue weighted by Gasteiger charge is 2.22. The molecule has 7 nitrogen and oxygen atoms in total. The van der Waals surface area contributed by atoms with Crippen LogP contribution in [0, 0.1) is 0 Å². The number of ketones is 1. The molecule has 2 aliphatic heterocycles. The predicted molar refractivity (Wildman–Crippen MR) is 153 cm³/mol. The SMILES string of the molecule is C=C(C(=O)[C@H](C)c1ccc(CN2CCCCC2)nc1)c1cc(-c2cncc(N3CCOCC3)c2)ccc1N. The Morgan fingerprint density at radius 1 is 1.00 bits per heavy atom. The van der Waals surface area contributed by atoms with Gasteiger partial charge in [0.1, 0.15) is 0 Å². The van der Waals surface area contributed by atoms with Crippen molar-refractivity contribution in [3.8, 4) is 11.1 Å². The predicted octanol–water partition coefficient (Wildman–Crippen LogP) is 4.93. The van der Waals surface area contributed by atoms with Crippen LogP contribution in [0.25, 0.3) is 16.7 Å². The second-order valence-corrected chi connectivity index (χ2v) is 10.3. The zero-order chi connectivity index (χ0) is 26.5. The summed E-state index contributed by atoms with van der Waals surface area (Å²) in [6.07, 6.45) is 9.37. The van der Waals surface area contributed by atoms with Gasteiger partial charge in [-0.2, -0.15) is 0 Å². The summed E-state index contributed by atoms with van der Waals surface area (Å²) in [7, 11) is 0. The van der Waals surface area contributed by atoms with Crippen molar-refractivity contribution in [2.75, 3.05) is 50.0 Å². The first-order chi connectivity index (χ1) is 18.5. The van der Waals surface area contributed by atoms with E-state index in [1.807, 2.05) is 55.8 Å². The van der Waals surface area contributed by atoms with Gasteiger partial charge in [-0.3, -0.25) is 19.7 Å². The lowest BCUT2D eigenvalue weighted by Gasteiger charge is -2.28. The van der Waals surface area contributed by atoms with E-state index in [0.29, 0.717) is 30.0 Å². The number of allylic oxidation sites excluding steroid dienone is 1. The Morgan fingerprint density at radius 2 is 1.79 bits per heavy atom. The zero-order valence-corrected chi connectivity index (χ0v) is 22.2. The number of morpholine rings is 1. The number of ether oxygens (including phenoxy) is 1. The Labute approximate surface area is 225 Å². The van der Waals surface area contributed by atoms with Gasteiger partial charge in [-0.25, -0.2) is 0 Å². The van der Waals surface area contributed by atoms with E-state index in [1.165, 1.54) is 19.3 Å². The fraction of sp³-hybridized carbons (Fsp3) is 0.387. The maximum atomic E-state index is 13.5. The van der Waals surface area contributed by atoms with Crippen LogP contribution in [0.5, 0.6) is 0 Å². The second-order valence-electron chi connectivity index (χ2n) is 10.3. The minimum atomic E-state index is -0.367. The molecule has 38 heavy (non-hydrogen) atoms. The van der Waals surface area contributed by atoms with E-state index >= 15 is 0 Å². The normalized spacial score (nSPS) is 17.2. The number of aromatic nitrogens is 2. The number of carbonyl (C=O) groups is 1. The Kier molecular flexibility index (Phi) is 8.15. The van der Waals surface area contributed by atoms with Crippen molar-refractivity contribution in [1.29, 1.82) is 0 Å². The molecular formula is C31H37N5O2. The third-order valence-corrected chi connectivity index (χ3v) is 7.68. The van der Waals surface area contributed by atoms with Crippen LogP contribution in [0.15, 0.2) is 61.6 Å². The standard InChI is InChI=1S/C31H37N5O2/c1-22(25-6-8-27(34-19-25)21-35-10-4-3-5-11-35)31(37)23(2)29-17-24(7-9-30(29)32)26-16-28(20-33-18-26)36-12-14-38-15-13-36/h6-9,16-20,22H,2-5,10-15,21,32H2,1H3/t22-/m1/s1. The molecule has 198 valence electrons. The average Bonchev–Trinajstić information content (AvgIpc) is 2.98. The summed E-state index contributed by atoms with van der Waals surface area (Å²) in [6.45, 7) is 12.3. The molecule has 2 N–H and O–H groups in total. The lowest BCUT2D eigenvalue weighted by Crippen LogP contribution is -2.36. The van der Waals surface area contributed by atoms with Crippen molar-refractivity contribution in [2.45, 2.75) is 38.6 Å². The number of rotatable bonds is 8. The molecule has 2 aromatic heterocycles. The highest BCUT2D eigenvalue weighted by atomic mass is 16.5. The van der Waals surface area contributed by atoms with Gasteiger partial charge in [-0.1, -0.05) is 32.1 Å². The van der Waals surface area contributed by atoms with Crippen molar-refractivity contribution in [3.05, 3.63) is 78.4 Å². The van der Waals surface area contributed by atoms with Crippen LogP contribution in [0.2, 0.25) is 0 Å². The van der Waals surface area contributed by atoms with E-state index in [0.717, 1.165) is 60.8 Å². The third-order valence-electron chi connectivity index (χ3n) is 7.68. The zero-order valence-electron chi connectivity index (χ0n) is 22.2. The topological polar surface area (TPSA) is 84.6 Å². The van der Waals surface area contributed by atoms with Crippen molar-refractivity contribution >= 4 is 22.7 Å². The number of carbonyl (C=O) groups excluding carboxylic acids is 1. The Morgan fingerprint density at radius 3 is 2.53 bits per heavy atom. The number of pyridine rings is 2. The third kappa shape index (κ3) is 5.95. The fourth-order valence-electron chi connectivity index (χ4n) is 5.26. The molecule has 2 fully saturated rings. The van der Waals surface area contributed by atoms with Crippen LogP contribution in [-0.2, 0) is 16.1 Å². The van der Waals surface area contributed by atoms with E-state index in [4.69, 9.17) is 10.5 Å². The van der Waals surface area contributed by atoms with Gasteiger partial charge < -0.3 is 15.4 Å². The number of nitrogen functional groups attached to an aromatic ring is 1. The number of Topliss-reactive ketones (excluding diaryl/α,β-unsaturated/α-hetero) is 1. The summed E-state index contributed by atoms with van der Waals surface area (Å²) >= 11 is 0. The first-order valence-electron chi connectivity index (χ1n) is 13.6. The molecule has 1 atom stereocenters. The molecule has 0 saturated carbocycles. The Hall–Kier alpha value is -3.55. The van der Waals surface area contributed by atoms with Crippen LogP contribution >= 0.6 is 0 Å². The molecule has 0 bridgehead atoms. The molecule has 2 aliphatic rings. The largest absolute Gasteiger partial charge is 0.398 e. The maximum absolute atomic E-state index is 13.5. The highest BCUT2D eigenvalue weighted by molar-refractivity contribution is 6.24. The van der Waals surface area contributed by atoms with Crippen molar-refractivity contribution in [3.63, 3.8) is 0 Å². The molecular weight excluding hydrogens is 474 g/mol. The molecule has 0 spiro atoms. The highest BCUT2D eigenvalue weighted by Crippen LogP contribution is 2.32. The van der Waals surface area contributed by atoms with Gasteiger partial charge in [0.25, 0.3) is 0 Å². The number of likely N-dealkylation sites (tertiary alicyclic amines) is 1. The number of hydrogen-bond acceptors (Lipinski definition) is 7. The first kappa shape index (κ1) is 26.1. The summed E-state index contributed by atoms with van der Waals surface area (Å²) < 4.78 is 5.48.